The summed E-state index contributed by atoms with van der Waals surface area (Å²) in [5, 5.41) is 0.822. The van der Waals surface area contributed by atoms with E-state index >= 15 is 0 Å². The van der Waals surface area contributed by atoms with E-state index in [1.807, 2.05) is 37.6 Å². The van der Waals surface area contributed by atoms with Crippen LogP contribution in [0.1, 0.15) is 11.4 Å². The largest absolute Gasteiger partial charge is 0.375 e. The monoisotopic (exact) mass is 305 g/mol. The van der Waals surface area contributed by atoms with Gasteiger partial charge in [0.1, 0.15) is 5.82 Å². The van der Waals surface area contributed by atoms with Gasteiger partial charge in [-0.25, -0.2) is 4.98 Å². The normalized spacial score (nSPS) is 19.8. The highest BCUT2D eigenvalue weighted by Gasteiger charge is 2.22. The highest BCUT2D eigenvalue weighted by atomic mass is 35.5. The van der Waals surface area contributed by atoms with Crippen molar-refractivity contribution < 1.29 is 4.74 Å². The molecule has 0 bridgehead atoms. The second-order valence-corrected chi connectivity index (χ2v) is 5.89. The van der Waals surface area contributed by atoms with Gasteiger partial charge < -0.3 is 9.30 Å². The van der Waals surface area contributed by atoms with Gasteiger partial charge in [-0.05, 0) is 11.6 Å². The number of hydrogen-bond acceptors (Lipinski definition) is 3. The van der Waals surface area contributed by atoms with Crippen LogP contribution in [0.2, 0.25) is 5.02 Å². The van der Waals surface area contributed by atoms with Gasteiger partial charge in [0.2, 0.25) is 0 Å². The molecule has 1 aliphatic rings. The number of ether oxygens (including phenoxy) is 1. The smallest absolute Gasteiger partial charge is 0.122 e. The van der Waals surface area contributed by atoms with E-state index in [2.05, 4.69) is 20.5 Å². The fourth-order valence-electron chi connectivity index (χ4n) is 2.71. The minimum atomic E-state index is 0.193. The zero-order valence-corrected chi connectivity index (χ0v) is 13.0. The average molecular weight is 306 g/mol. The molecule has 3 rings (SSSR count). The molecule has 112 valence electrons. The van der Waals surface area contributed by atoms with Crippen molar-refractivity contribution in [2.24, 2.45) is 7.05 Å². The van der Waals surface area contributed by atoms with Crippen molar-refractivity contribution in [1.29, 1.82) is 0 Å². The molecule has 0 N–H and O–H groups in total. The van der Waals surface area contributed by atoms with Crippen LogP contribution in [0, 0.1) is 0 Å². The van der Waals surface area contributed by atoms with E-state index in [4.69, 9.17) is 16.3 Å². The summed E-state index contributed by atoms with van der Waals surface area (Å²) in [6.45, 7) is 3.50. The maximum Gasteiger partial charge on any atom is 0.122 e. The third-order valence-electron chi connectivity index (χ3n) is 3.91. The van der Waals surface area contributed by atoms with Crippen LogP contribution in [0.25, 0.3) is 0 Å². The van der Waals surface area contributed by atoms with E-state index in [0.29, 0.717) is 0 Å². The van der Waals surface area contributed by atoms with Gasteiger partial charge in [-0.2, -0.15) is 0 Å². The Balaban J connectivity index is 1.61. The Labute approximate surface area is 130 Å². The van der Waals surface area contributed by atoms with Crippen LogP contribution < -0.4 is 0 Å². The standard InChI is InChI=1S/C16H20ClN3O/c1-19-7-6-18-16(19)12-20-8-9-21-14(11-20)10-13-4-2-3-5-15(13)17/h2-7,14H,8-12H2,1H3/t14-/m0/s1. The lowest BCUT2D eigenvalue weighted by Crippen LogP contribution is -2.43. The lowest BCUT2D eigenvalue weighted by molar-refractivity contribution is -0.0314. The van der Waals surface area contributed by atoms with Gasteiger partial charge in [0.15, 0.2) is 0 Å². The second-order valence-electron chi connectivity index (χ2n) is 5.48. The summed E-state index contributed by atoms with van der Waals surface area (Å²) >= 11 is 6.23. The van der Waals surface area contributed by atoms with Crippen molar-refractivity contribution in [3.63, 3.8) is 0 Å². The Hall–Kier alpha value is -1.36. The van der Waals surface area contributed by atoms with Gasteiger partial charge in [-0.1, -0.05) is 29.8 Å². The summed E-state index contributed by atoms with van der Waals surface area (Å²) in [6, 6.07) is 7.99. The number of aryl methyl sites for hydroxylation is 1. The van der Waals surface area contributed by atoms with Crippen molar-refractivity contribution in [2.45, 2.75) is 19.1 Å². The van der Waals surface area contributed by atoms with Crippen molar-refractivity contribution in [3.05, 3.63) is 53.1 Å². The van der Waals surface area contributed by atoms with Crippen LogP contribution in [0.3, 0.4) is 0 Å². The fourth-order valence-corrected chi connectivity index (χ4v) is 2.92. The highest BCUT2D eigenvalue weighted by Crippen LogP contribution is 2.20. The third-order valence-corrected chi connectivity index (χ3v) is 4.28. The summed E-state index contributed by atoms with van der Waals surface area (Å²) in [5.41, 5.74) is 1.16. The lowest BCUT2D eigenvalue weighted by atomic mass is 10.1. The molecule has 0 radical (unpaired) electrons. The highest BCUT2D eigenvalue weighted by molar-refractivity contribution is 6.31. The first kappa shape index (κ1) is 14.6. The molecule has 1 aromatic heterocycles. The first-order valence-corrected chi connectivity index (χ1v) is 7.64. The molecule has 0 aliphatic carbocycles. The van der Waals surface area contributed by atoms with Crippen LogP contribution in [0.4, 0.5) is 0 Å². The molecular formula is C16H20ClN3O. The Bertz CT molecular complexity index is 599. The summed E-state index contributed by atoms with van der Waals surface area (Å²) < 4.78 is 7.96. The van der Waals surface area contributed by atoms with Crippen molar-refractivity contribution in [3.8, 4) is 0 Å². The minimum Gasteiger partial charge on any atom is -0.375 e. The molecule has 0 spiro atoms. The molecular weight excluding hydrogens is 286 g/mol. The summed E-state index contributed by atoms with van der Waals surface area (Å²) in [6.07, 6.45) is 4.88. The number of imidazole rings is 1. The summed E-state index contributed by atoms with van der Waals surface area (Å²) in [7, 11) is 2.03. The number of halogens is 1. The number of benzene rings is 1. The van der Waals surface area contributed by atoms with Crippen molar-refractivity contribution in [1.82, 2.24) is 14.5 Å². The Morgan fingerprint density at radius 1 is 1.38 bits per heavy atom. The van der Waals surface area contributed by atoms with Gasteiger partial charge in [0, 0.05) is 44.0 Å². The van der Waals surface area contributed by atoms with Crippen LogP contribution in [0.5, 0.6) is 0 Å². The molecule has 1 saturated heterocycles. The molecule has 5 heteroatoms. The van der Waals surface area contributed by atoms with Gasteiger partial charge in [0.05, 0.1) is 19.3 Å². The molecule has 0 unspecified atom stereocenters. The third kappa shape index (κ3) is 3.64. The van der Waals surface area contributed by atoms with Crippen LogP contribution in [-0.2, 0) is 24.8 Å². The lowest BCUT2D eigenvalue weighted by Gasteiger charge is -2.32. The molecule has 1 aromatic carbocycles. The Morgan fingerprint density at radius 2 is 2.24 bits per heavy atom. The van der Waals surface area contributed by atoms with Gasteiger partial charge >= 0.3 is 0 Å². The molecule has 2 heterocycles. The van der Waals surface area contributed by atoms with E-state index < -0.39 is 0 Å². The number of hydrogen-bond donors (Lipinski definition) is 0. The summed E-state index contributed by atoms with van der Waals surface area (Å²) in [4.78, 5) is 6.79. The molecule has 0 amide bonds. The summed E-state index contributed by atoms with van der Waals surface area (Å²) in [5.74, 6) is 1.09. The zero-order valence-electron chi connectivity index (χ0n) is 12.2. The molecule has 2 aromatic rings. The van der Waals surface area contributed by atoms with E-state index in [1.165, 1.54) is 0 Å². The number of rotatable bonds is 4. The first-order chi connectivity index (χ1) is 10.2. The molecule has 21 heavy (non-hydrogen) atoms. The minimum absolute atomic E-state index is 0.193. The Morgan fingerprint density at radius 3 is 3.00 bits per heavy atom. The number of aromatic nitrogens is 2. The number of morpholine rings is 1. The fraction of sp³-hybridized carbons (Fsp3) is 0.438. The maximum atomic E-state index is 6.23. The Kier molecular flexibility index (Phi) is 4.58. The first-order valence-electron chi connectivity index (χ1n) is 7.26. The molecule has 4 nitrogen and oxygen atoms in total. The quantitative estimate of drug-likeness (QED) is 0.869. The van der Waals surface area contributed by atoms with Crippen LogP contribution in [0.15, 0.2) is 36.7 Å². The van der Waals surface area contributed by atoms with Crippen molar-refractivity contribution in [2.75, 3.05) is 19.7 Å². The zero-order chi connectivity index (χ0) is 14.7. The molecule has 1 atom stereocenters. The second kappa shape index (κ2) is 6.60. The SMILES string of the molecule is Cn1ccnc1CN1CCO[C@@H](Cc2ccccc2Cl)C1. The van der Waals surface area contributed by atoms with E-state index in [1.54, 1.807) is 0 Å². The van der Waals surface area contributed by atoms with E-state index in [9.17, 15) is 0 Å². The van der Waals surface area contributed by atoms with E-state index in [0.717, 1.165) is 49.1 Å². The molecule has 0 saturated carbocycles. The predicted octanol–water partition coefficient (Wildman–Crippen LogP) is 2.52. The van der Waals surface area contributed by atoms with Crippen LogP contribution >= 0.6 is 11.6 Å². The van der Waals surface area contributed by atoms with Gasteiger partial charge in [0.25, 0.3) is 0 Å². The van der Waals surface area contributed by atoms with Crippen molar-refractivity contribution >= 4 is 11.6 Å². The van der Waals surface area contributed by atoms with E-state index in [-0.39, 0.29) is 6.10 Å². The topological polar surface area (TPSA) is 30.3 Å². The molecule has 1 aliphatic heterocycles. The van der Waals surface area contributed by atoms with Gasteiger partial charge in [-0.3, -0.25) is 4.90 Å². The molecule has 1 fully saturated rings. The predicted molar refractivity (Wildman–Crippen MR) is 83.4 cm³/mol. The number of nitrogens with zero attached hydrogens (tertiary/aromatic N) is 3. The van der Waals surface area contributed by atoms with Gasteiger partial charge in [-0.15, -0.1) is 0 Å². The maximum absolute atomic E-state index is 6.23. The average Bonchev–Trinajstić information content (AvgIpc) is 2.87. The van der Waals surface area contributed by atoms with Crippen LogP contribution in [-0.4, -0.2) is 40.3 Å².